The van der Waals surface area contributed by atoms with Crippen LogP contribution in [0.2, 0.25) is 5.02 Å². The lowest BCUT2D eigenvalue weighted by Crippen LogP contribution is -2.38. The zero-order valence-electron chi connectivity index (χ0n) is 19.0. The van der Waals surface area contributed by atoms with E-state index in [0.717, 1.165) is 9.87 Å². The van der Waals surface area contributed by atoms with Gasteiger partial charge in [0.25, 0.3) is 10.0 Å². The fraction of sp³-hybridized carbons (Fsp3) is 0.240. The van der Waals surface area contributed by atoms with Crippen LogP contribution in [0.5, 0.6) is 5.75 Å². The van der Waals surface area contributed by atoms with Gasteiger partial charge in [-0.25, -0.2) is 8.42 Å². The van der Waals surface area contributed by atoms with Crippen molar-refractivity contribution in [3.63, 3.8) is 0 Å². The van der Waals surface area contributed by atoms with Crippen LogP contribution in [-0.2, 0) is 14.8 Å². The molecule has 3 aromatic rings. The minimum atomic E-state index is -4.03. The van der Waals surface area contributed by atoms with E-state index in [9.17, 15) is 13.2 Å². The minimum absolute atomic E-state index is 0.0168. The third-order valence-electron chi connectivity index (χ3n) is 4.83. The first kappa shape index (κ1) is 24.6. The molecule has 0 saturated heterocycles. The van der Waals surface area contributed by atoms with Gasteiger partial charge in [0.15, 0.2) is 0 Å². The Balaban J connectivity index is 1.94. The van der Waals surface area contributed by atoms with E-state index in [4.69, 9.17) is 16.3 Å². The van der Waals surface area contributed by atoms with Crippen LogP contribution in [0.3, 0.4) is 0 Å². The van der Waals surface area contributed by atoms with Crippen molar-refractivity contribution in [1.82, 2.24) is 0 Å². The van der Waals surface area contributed by atoms with Crippen LogP contribution >= 0.6 is 11.6 Å². The van der Waals surface area contributed by atoms with Crippen LogP contribution in [0.4, 0.5) is 11.4 Å². The normalized spacial score (nSPS) is 11.3. The predicted molar refractivity (Wildman–Crippen MR) is 133 cm³/mol. The highest BCUT2D eigenvalue weighted by molar-refractivity contribution is 7.92. The minimum Gasteiger partial charge on any atom is -0.491 e. The summed E-state index contributed by atoms with van der Waals surface area (Å²) < 4.78 is 33.9. The van der Waals surface area contributed by atoms with Crippen molar-refractivity contribution in [2.75, 3.05) is 16.2 Å². The molecule has 0 bridgehead atoms. The van der Waals surface area contributed by atoms with E-state index in [0.29, 0.717) is 27.7 Å². The molecule has 1 amide bonds. The smallest absolute Gasteiger partial charge is 0.264 e. The number of amides is 1. The third-order valence-corrected chi connectivity index (χ3v) is 6.83. The molecule has 0 saturated carbocycles. The molecule has 3 aromatic carbocycles. The Kier molecular flexibility index (Phi) is 7.66. The molecule has 0 heterocycles. The number of halogens is 1. The molecular formula is C25H27ClN2O4S. The number of carbonyl (C=O) groups is 1. The molecular weight excluding hydrogens is 460 g/mol. The van der Waals surface area contributed by atoms with Crippen molar-refractivity contribution in [1.29, 1.82) is 0 Å². The lowest BCUT2D eigenvalue weighted by atomic mass is 10.2. The predicted octanol–water partition coefficient (Wildman–Crippen LogP) is 5.58. The molecule has 0 aromatic heterocycles. The van der Waals surface area contributed by atoms with Gasteiger partial charge >= 0.3 is 0 Å². The standard InChI is InChI=1S/C25H27ClN2O4S/c1-17(2)32-22-7-5-6-21(15-22)27-25(29)16-28(24-14-20(26)11-10-19(24)4)33(30,31)23-12-8-18(3)9-13-23/h5-15,17H,16H2,1-4H3,(H,27,29). The SMILES string of the molecule is Cc1ccc(S(=O)(=O)N(CC(=O)Nc2cccc(OC(C)C)c2)c2cc(Cl)ccc2C)cc1. The number of rotatable bonds is 8. The van der Waals surface area contributed by atoms with Gasteiger partial charge in [-0.1, -0.05) is 41.4 Å². The number of anilines is 2. The number of aryl methyl sites for hydroxylation is 2. The number of nitrogens with zero attached hydrogens (tertiary/aromatic N) is 1. The molecule has 174 valence electrons. The van der Waals surface area contributed by atoms with Crippen molar-refractivity contribution in [2.45, 2.75) is 38.7 Å². The highest BCUT2D eigenvalue weighted by atomic mass is 35.5. The molecule has 0 aliphatic heterocycles. The molecule has 0 aliphatic carbocycles. The second-order valence-electron chi connectivity index (χ2n) is 8.00. The Morgan fingerprint density at radius 1 is 1.03 bits per heavy atom. The highest BCUT2D eigenvalue weighted by Crippen LogP contribution is 2.30. The number of hydrogen-bond donors (Lipinski definition) is 1. The van der Waals surface area contributed by atoms with Gasteiger partial charge in [0, 0.05) is 16.8 Å². The zero-order valence-corrected chi connectivity index (χ0v) is 20.6. The number of benzene rings is 3. The summed E-state index contributed by atoms with van der Waals surface area (Å²) in [7, 11) is -4.03. The summed E-state index contributed by atoms with van der Waals surface area (Å²) in [5.41, 5.74) is 2.46. The Morgan fingerprint density at radius 2 is 1.73 bits per heavy atom. The van der Waals surface area contributed by atoms with Crippen LogP contribution in [-0.4, -0.2) is 27.0 Å². The molecule has 3 rings (SSSR count). The van der Waals surface area contributed by atoms with Crippen molar-refractivity contribution in [3.8, 4) is 5.75 Å². The fourth-order valence-electron chi connectivity index (χ4n) is 3.24. The first-order valence-corrected chi connectivity index (χ1v) is 12.3. The first-order valence-electron chi connectivity index (χ1n) is 10.5. The molecule has 0 fully saturated rings. The number of sulfonamides is 1. The summed E-state index contributed by atoms with van der Waals surface area (Å²) in [4.78, 5) is 13.1. The summed E-state index contributed by atoms with van der Waals surface area (Å²) in [5.74, 6) is 0.115. The van der Waals surface area contributed by atoms with Crippen molar-refractivity contribution < 1.29 is 17.9 Å². The van der Waals surface area contributed by atoms with E-state index < -0.39 is 22.5 Å². The van der Waals surface area contributed by atoms with Gasteiger partial charge in [0.1, 0.15) is 12.3 Å². The maximum atomic E-state index is 13.6. The number of hydrogen-bond acceptors (Lipinski definition) is 4. The Bertz CT molecular complexity index is 1240. The Morgan fingerprint density at radius 3 is 2.39 bits per heavy atom. The van der Waals surface area contributed by atoms with Crippen LogP contribution in [0, 0.1) is 13.8 Å². The van der Waals surface area contributed by atoms with Gasteiger partial charge in [0.2, 0.25) is 5.91 Å². The van der Waals surface area contributed by atoms with Crippen LogP contribution < -0.4 is 14.4 Å². The highest BCUT2D eigenvalue weighted by Gasteiger charge is 2.28. The summed E-state index contributed by atoms with van der Waals surface area (Å²) >= 11 is 6.17. The van der Waals surface area contributed by atoms with Crippen LogP contribution in [0.15, 0.2) is 71.6 Å². The topological polar surface area (TPSA) is 75.7 Å². The fourth-order valence-corrected chi connectivity index (χ4v) is 4.88. The Labute approximate surface area is 200 Å². The molecule has 1 N–H and O–H groups in total. The Hall–Kier alpha value is -3.03. The monoisotopic (exact) mass is 486 g/mol. The number of carbonyl (C=O) groups excluding carboxylic acids is 1. The van der Waals surface area contributed by atoms with Crippen molar-refractivity contribution >= 4 is 38.9 Å². The molecule has 6 nitrogen and oxygen atoms in total. The van der Waals surface area contributed by atoms with E-state index in [2.05, 4.69) is 5.32 Å². The van der Waals surface area contributed by atoms with Gasteiger partial charge in [-0.05, 0) is 69.7 Å². The van der Waals surface area contributed by atoms with Gasteiger partial charge in [-0.3, -0.25) is 9.10 Å². The average Bonchev–Trinajstić information content (AvgIpc) is 2.74. The van der Waals surface area contributed by atoms with E-state index >= 15 is 0 Å². The maximum Gasteiger partial charge on any atom is 0.264 e. The molecule has 0 atom stereocenters. The summed E-state index contributed by atoms with van der Waals surface area (Å²) in [6.45, 7) is 7.04. The molecule has 0 radical (unpaired) electrons. The van der Waals surface area contributed by atoms with Gasteiger partial charge in [0.05, 0.1) is 16.7 Å². The molecule has 33 heavy (non-hydrogen) atoms. The first-order chi connectivity index (χ1) is 15.6. The molecule has 8 heteroatoms. The van der Waals surface area contributed by atoms with E-state index in [1.54, 1.807) is 61.5 Å². The number of ether oxygens (including phenoxy) is 1. The van der Waals surface area contributed by atoms with E-state index in [1.807, 2.05) is 20.8 Å². The summed E-state index contributed by atoms with van der Waals surface area (Å²) in [6, 6.07) is 18.4. The third kappa shape index (κ3) is 6.27. The lowest BCUT2D eigenvalue weighted by Gasteiger charge is -2.26. The molecule has 0 unspecified atom stereocenters. The summed E-state index contributed by atoms with van der Waals surface area (Å²) in [6.07, 6.45) is -0.0168. The second-order valence-corrected chi connectivity index (χ2v) is 10.3. The molecule has 0 aliphatic rings. The maximum absolute atomic E-state index is 13.6. The van der Waals surface area contributed by atoms with Gasteiger partial charge in [-0.2, -0.15) is 0 Å². The largest absolute Gasteiger partial charge is 0.491 e. The quantitative estimate of drug-likeness (QED) is 0.451. The summed E-state index contributed by atoms with van der Waals surface area (Å²) in [5, 5.41) is 3.14. The van der Waals surface area contributed by atoms with Gasteiger partial charge in [-0.15, -0.1) is 0 Å². The lowest BCUT2D eigenvalue weighted by molar-refractivity contribution is -0.114. The second kappa shape index (κ2) is 10.3. The van der Waals surface area contributed by atoms with E-state index in [-0.39, 0.29) is 11.0 Å². The average molecular weight is 487 g/mol. The number of nitrogens with one attached hydrogen (secondary N) is 1. The van der Waals surface area contributed by atoms with Crippen LogP contribution in [0.25, 0.3) is 0 Å². The van der Waals surface area contributed by atoms with Crippen molar-refractivity contribution in [3.05, 3.63) is 82.9 Å². The zero-order chi connectivity index (χ0) is 24.2. The molecule has 0 spiro atoms. The van der Waals surface area contributed by atoms with Crippen molar-refractivity contribution in [2.24, 2.45) is 0 Å². The van der Waals surface area contributed by atoms with Gasteiger partial charge < -0.3 is 10.1 Å². The van der Waals surface area contributed by atoms with Crippen LogP contribution in [0.1, 0.15) is 25.0 Å². The van der Waals surface area contributed by atoms with E-state index in [1.165, 1.54) is 12.1 Å².